The predicted octanol–water partition coefficient (Wildman–Crippen LogP) is 2.71. The van der Waals surface area contributed by atoms with Gasteiger partial charge in [0.1, 0.15) is 0 Å². The molecule has 2 aliphatic heterocycles. The van der Waals surface area contributed by atoms with E-state index in [9.17, 15) is 4.79 Å². The van der Waals surface area contributed by atoms with E-state index in [-0.39, 0.29) is 109 Å². The number of aliphatic imine (C=N–C) groups is 1. The van der Waals surface area contributed by atoms with E-state index in [4.69, 9.17) is 11.1 Å². The quantitative estimate of drug-likeness (QED) is 0.596. The fourth-order valence-corrected chi connectivity index (χ4v) is 3.60. The normalized spacial score (nSPS) is 19.7. The second-order valence-corrected chi connectivity index (χ2v) is 7.30. The molecule has 133 valence electrons. The van der Waals surface area contributed by atoms with E-state index in [1.54, 1.807) is 0 Å². The van der Waals surface area contributed by atoms with Crippen LogP contribution in [0, 0.1) is 0 Å². The molecule has 1 aromatic rings. The number of benzene rings is 1. The van der Waals surface area contributed by atoms with E-state index in [2.05, 4.69) is 37.9 Å². The third-order valence-electron chi connectivity index (χ3n) is 4.59. The summed E-state index contributed by atoms with van der Waals surface area (Å²) in [5, 5.41) is 4.82. The number of carbonyl (C=O) groups excluding carboxylic acids is 1. The largest absolute Gasteiger partial charge is 0.679 e. The number of guanidine groups is 1. The summed E-state index contributed by atoms with van der Waals surface area (Å²) in [7, 11) is 0. The van der Waals surface area contributed by atoms with Gasteiger partial charge in [0.05, 0.1) is 13.1 Å². The van der Waals surface area contributed by atoms with E-state index in [1.807, 2.05) is 11.0 Å². The van der Waals surface area contributed by atoms with Crippen molar-refractivity contribution in [2.45, 2.75) is 45.1 Å². The zero-order chi connectivity index (χ0) is 16.6. The van der Waals surface area contributed by atoms with Crippen molar-refractivity contribution in [2.75, 3.05) is 19.6 Å². The second-order valence-electron chi connectivity index (χ2n) is 7.30. The van der Waals surface area contributed by atoms with Crippen LogP contribution in [0.1, 0.15) is 44.2 Å². The molecular weight excluding hydrogens is 555 g/mol. The fourth-order valence-electron chi connectivity index (χ4n) is 3.60. The van der Waals surface area contributed by atoms with Crippen LogP contribution in [0.15, 0.2) is 23.2 Å². The summed E-state index contributed by atoms with van der Waals surface area (Å²) in [6.45, 7) is 8.36. The van der Waals surface area contributed by atoms with E-state index >= 15 is 0 Å². The van der Waals surface area contributed by atoms with E-state index < -0.39 is 0 Å². The number of nitrogens with two attached hydrogens (primary N) is 1. The minimum atomic E-state index is -0.00360. The molecule has 0 aliphatic carbocycles. The number of nitrogens with zero attached hydrogens (tertiary/aromatic N) is 3. The summed E-state index contributed by atoms with van der Waals surface area (Å²) in [4.78, 5) is 18.3. The zero-order valence-electron chi connectivity index (χ0n) is 15.9. The minimum Gasteiger partial charge on any atom is -0.679 e. The van der Waals surface area contributed by atoms with Crippen molar-refractivity contribution in [1.82, 2.24) is 4.90 Å². The fraction of sp³-hybridized carbons (Fsp3) is 0.556. The number of ketones is 1. The van der Waals surface area contributed by atoms with Gasteiger partial charge in [0, 0.05) is 111 Å². The Morgan fingerprint density at radius 1 is 1.35 bits per heavy atom. The SMILES string of the molecule is CC1CC(C)(C)[N-]c2ccc(CC(=O)CN3CCN=C3N)cc21.[Y].[Y].[Y]. The van der Waals surface area contributed by atoms with Crippen LogP contribution in [0.3, 0.4) is 0 Å². The maximum absolute atomic E-state index is 12.3. The van der Waals surface area contributed by atoms with Crippen LogP contribution in [0.4, 0.5) is 5.69 Å². The van der Waals surface area contributed by atoms with Crippen molar-refractivity contribution >= 4 is 17.4 Å². The van der Waals surface area contributed by atoms with Gasteiger partial charge in [-0.15, -0.1) is 11.2 Å². The molecule has 1 unspecified atom stereocenters. The van der Waals surface area contributed by atoms with Gasteiger partial charge in [0.2, 0.25) is 0 Å². The smallest absolute Gasteiger partial charge is 0.191 e. The third-order valence-corrected chi connectivity index (χ3v) is 4.59. The van der Waals surface area contributed by atoms with Crippen LogP contribution in [-0.2, 0) is 109 Å². The van der Waals surface area contributed by atoms with Crippen LogP contribution in [0.2, 0.25) is 0 Å². The standard InChI is InChI=1S/C18H25N4O.3Y/c1-12-10-18(2,3)21-16-5-4-13(9-15(12)16)8-14(23)11-22-7-6-20-17(22)19;;;/h4-5,9,12H,6-8,10-11H2,1-3H3,(H2,19,20);;;/q-1;;;. The molecule has 0 aromatic heterocycles. The van der Waals surface area contributed by atoms with Crippen molar-refractivity contribution < 1.29 is 103 Å². The van der Waals surface area contributed by atoms with Crippen LogP contribution >= 0.6 is 0 Å². The number of rotatable bonds is 4. The van der Waals surface area contributed by atoms with Gasteiger partial charge in [-0.3, -0.25) is 9.79 Å². The first-order chi connectivity index (χ1) is 10.8. The molecule has 1 atom stereocenters. The maximum Gasteiger partial charge on any atom is 0.191 e. The summed E-state index contributed by atoms with van der Waals surface area (Å²) >= 11 is 0. The van der Waals surface area contributed by atoms with Gasteiger partial charge >= 0.3 is 0 Å². The molecule has 8 heteroatoms. The molecule has 2 aliphatic rings. The molecule has 5 nitrogen and oxygen atoms in total. The zero-order valence-corrected chi connectivity index (χ0v) is 24.4. The molecule has 0 saturated heterocycles. The number of Topliss-reactive ketones (excluding diaryl/α,β-unsaturated/α-hetero) is 1. The molecule has 2 heterocycles. The number of fused-ring (bicyclic) bond motifs is 1. The van der Waals surface area contributed by atoms with Crippen molar-refractivity contribution in [3.05, 3.63) is 34.6 Å². The van der Waals surface area contributed by atoms with Gasteiger partial charge in [0.25, 0.3) is 0 Å². The molecule has 0 spiro atoms. The van der Waals surface area contributed by atoms with Crippen molar-refractivity contribution in [3.63, 3.8) is 0 Å². The first-order valence-corrected chi connectivity index (χ1v) is 8.26. The monoisotopic (exact) mass is 580 g/mol. The third kappa shape index (κ3) is 6.95. The Labute approximate surface area is 232 Å². The Kier molecular flexibility index (Phi) is 12.0. The van der Waals surface area contributed by atoms with E-state index in [0.29, 0.717) is 31.4 Å². The Morgan fingerprint density at radius 2 is 2.04 bits per heavy atom. The summed E-state index contributed by atoms with van der Waals surface area (Å²) < 4.78 is 0. The molecule has 0 saturated carbocycles. The summed E-state index contributed by atoms with van der Waals surface area (Å²) in [5.74, 6) is 1.12. The van der Waals surface area contributed by atoms with Crippen LogP contribution < -0.4 is 5.73 Å². The first kappa shape index (κ1) is 27.3. The molecule has 0 amide bonds. The molecule has 3 rings (SSSR count). The van der Waals surface area contributed by atoms with Crippen LogP contribution in [0.25, 0.3) is 5.32 Å². The van der Waals surface area contributed by atoms with Crippen LogP contribution in [-0.4, -0.2) is 41.8 Å². The molecule has 1 aromatic carbocycles. The Balaban J connectivity index is 0.00000208. The van der Waals surface area contributed by atoms with E-state index in [1.165, 1.54) is 5.56 Å². The summed E-state index contributed by atoms with van der Waals surface area (Å²) in [6, 6.07) is 6.23. The summed E-state index contributed by atoms with van der Waals surface area (Å²) in [6.07, 6.45) is 1.48. The van der Waals surface area contributed by atoms with Gasteiger partial charge in [-0.2, -0.15) is 0 Å². The molecule has 3 radical (unpaired) electrons. The topological polar surface area (TPSA) is 72.8 Å². The second kappa shape index (κ2) is 11.5. The van der Waals surface area contributed by atoms with Crippen molar-refractivity contribution in [2.24, 2.45) is 10.7 Å². The van der Waals surface area contributed by atoms with E-state index in [0.717, 1.165) is 24.2 Å². The maximum atomic E-state index is 12.3. The minimum absolute atomic E-state index is 0. The van der Waals surface area contributed by atoms with Gasteiger partial charge in [-0.25, -0.2) is 0 Å². The molecule has 0 fully saturated rings. The van der Waals surface area contributed by atoms with Gasteiger partial charge in [0.15, 0.2) is 11.7 Å². The van der Waals surface area contributed by atoms with Gasteiger partial charge in [-0.1, -0.05) is 51.0 Å². The first-order valence-electron chi connectivity index (χ1n) is 8.26. The van der Waals surface area contributed by atoms with Crippen molar-refractivity contribution in [3.8, 4) is 0 Å². The molecule has 26 heavy (non-hydrogen) atoms. The Morgan fingerprint density at radius 3 is 2.65 bits per heavy atom. The summed E-state index contributed by atoms with van der Waals surface area (Å²) in [5.41, 5.74) is 9.15. The van der Waals surface area contributed by atoms with Crippen LogP contribution in [0.5, 0.6) is 0 Å². The Hall–Kier alpha value is 1.27. The number of hydrogen-bond acceptors (Lipinski definition) is 4. The predicted molar refractivity (Wildman–Crippen MR) is 93.3 cm³/mol. The number of hydrogen-bond donors (Lipinski definition) is 1. The number of carbonyl (C=O) groups is 1. The van der Waals surface area contributed by atoms with Gasteiger partial charge in [-0.05, 0) is 11.5 Å². The molecule has 2 N–H and O–H groups in total. The molecule has 0 bridgehead atoms. The average molecular weight is 580 g/mol. The van der Waals surface area contributed by atoms with Crippen molar-refractivity contribution in [1.29, 1.82) is 0 Å². The average Bonchev–Trinajstić information content (AvgIpc) is 2.84. The molecular formula is C18H25N4OY3-. The Bertz CT molecular complexity index is 664. The van der Waals surface area contributed by atoms with Gasteiger partial charge < -0.3 is 16.0 Å².